The van der Waals surface area contributed by atoms with Crippen molar-refractivity contribution in [3.63, 3.8) is 0 Å². The van der Waals surface area contributed by atoms with Gasteiger partial charge in [-0.2, -0.15) is 0 Å². The molecule has 0 fully saturated rings. The zero-order valence-electron chi connectivity index (χ0n) is 12.8. The van der Waals surface area contributed by atoms with Gasteiger partial charge in [0, 0.05) is 18.5 Å². The van der Waals surface area contributed by atoms with Crippen LogP contribution in [0.5, 0.6) is 11.5 Å². The molecular weight excluding hydrogens is 262 g/mol. The van der Waals surface area contributed by atoms with E-state index < -0.39 is 0 Å². The largest absolute Gasteiger partial charge is 0.490 e. The fourth-order valence-corrected chi connectivity index (χ4v) is 2.24. The van der Waals surface area contributed by atoms with Crippen LogP contribution in [-0.2, 0) is 13.0 Å². The van der Waals surface area contributed by atoms with E-state index in [9.17, 15) is 0 Å². The molecule has 0 aliphatic rings. The van der Waals surface area contributed by atoms with Crippen molar-refractivity contribution in [1.82, 2.24) is 5.32 Å². The maximum absolute atomic E-state index is 6.01. The summed E-state index contributed by atoms with van der Waals surface area (Å²) >= 11 is 0. The Morgan fingerprint density at radius 3 is 2.48 bits per heavy atom. The Kier molecular flexibility index (Phi) is 6.10. The minimum absolute atomic E-state index is 0.637. The van der Waals surface area contributed by atoms with Crippen molar-refractivity contribution in [1.29, 1.82) is 0 Å². The SMILES string of the molecule is CCOc1cccc(CNC)c1OCCc1ccccc1. The van der Waals surface area contributed by atoms with Crippen molar-refractivity contribution in [2.75, 3.05) is 20.3 Å². The van der Waals surface area contributed by atoms with Crippen molar-refractivity contribution in [3.05, 3.63) is 59.7 Å². The third kappa shape index (κ3) is 4.50. The summed E-state index contributed by atoms with van der Waals surface area (Å²) in [5.74, 6) is 1.67. The van der Waals surface area contributed by atoms with Gasteiger partial charge in [0.05, 0.1) is 13.2 Å². The van der Waals surface area contributed by atoms with Gasteiger partial charge in [0.15, 0.2) is 11.5 Å². The van der Waals surface area contributed by atoms with Crippen LogP contribution in [-0.4, -0.2) is 20.3 Å². The molecule has 21 heavy (non-hydrogen) atoms. The van der Waals surface area contributed by atoms with E-state index in [4.69, 9.17) is 9.47 Å². The number of hydrogen-bond acceptors (Lipinski definition) is 3. The predicted octanol–water partition coefficient (Wildman–Crippen LogP) is 3.43. The standard InChI is InChI=1S/C18H23NO2/c1-3-20-17-11-7-10-16(14-19-2)18(17)21-13-12-15-8-5-4-6-9-15/h4-11,19H,3,12-14H2,1-2H3. The highest BCUT2D eigenvalue weighted by Crippen LogP contribution is 2.31. The van der Waals surface area contributed by atoms with E-state index in [2.05, 4.69) is 35.6 Å². The molecule has 0 unspecified atom stereocenters. The van der Waals surface area contributed by atoms with E-state index in [1.165, 1.54) is 5.56 Å². The predicted molar refractivity (Wildman–Crippen MR) is 86.0 cm³/mol. The molecule has 0 amide bonds. The second-order valence-corrected chi connectivity index (χ2v) is 4.79. The first-order valence-electron chi connectivity index (χ1n) is 7.41. The summed E-state index contributed by atoms with van der Waals surface area (Å²) in [4.78, 5) is 0. The second-order valence-electron chi connectivity index (χ2n) is 4.79. The van der Waals surface area contributed by atoms with Crippen LogP contribution in [0.3, 0.4) is 0 Å². The van der Waals surface area contributed by atoms with Gasteiger partial charge in [0.2, 0.25) is 0 Å². The summed E-state index contributed by atoms with van der Waals surface area (Å²) < 4.78 is 11.7. The molecule has 2 rings (SSSR count). The van der Waals surface area contributed by atoms with Crippen LogP contribution in [0.4, 0.5) is 0 Å². The molecule has 3 heteroatoms. The number of hydrogen-bond donors (Lipinski definition) is 1. The summed E-state index contributed by atoms with van der Waals surface area (Å²) in [5, 5.41) is 3.17. The molecule has 1 N–H and O–H groups in total. The van der Waals surface area contributed by atoms with E-state index in [0.717, 1.165) is 30.0 Å². The second kappa shape index (κ2) is 8.32. The van der Waals surface area contributed by atoms with Crippen LogP contribution in [0.2, 0.25) is 0 Å². The van der Waals surface area contributed by atoms with E-state index in [0.29, 0.717) is 13.2 Å². The molecule has 0 radical (unpaired) electrons. The third-order valence-corrected chi connectivity index (χ3v) is 3.21. The lowest BCUT2D eigenvalue weighted by molar-refractivity contribution is 0.276. The number of benzene rings is 2. The number of rotatable bonds is 8. The van der Waals surface area contributed by atoms with Gasteiger partial charge >= 0.3 is 0 Å². The molecule has 2 aromatic carbocycles. The summed E-state index contributed by atoms with van der Waals surface area (Å²) in [5.41, 5.74) is 2.40. The maximum atomic E-state index is 6.01. The van der Waals surface area contributed by atoms with Gasteiger partial charge in [0.25, 0.3) is 0 Å². The molecule has 0 saturated carbocycles. The summed E-state index contributed by atoms with van der Waals surface area (Å²) in [6, 6.07) is 16.4. The van der Waals surface area contributed by atoms with Gasteiger partial charge in [-0.15, -0.1) is 0 Å². The Hall–Kier alpha value is -2.00. The molecule has 0 saturated heterocycles. The smallest absolute Gasteiger partial charge is 0.165 e. The first-order chi connectivity index (χ1) is 10.3. The van der Waals surface area contributed by atoms with Gasteiger partial charge in [-0.1, -0.05) is 42.5 Å². The van der Waals surface area contributed by atoms with Crippen LogP contribution in [0.1, 0.15) is 18.1 Å². The fourth-order valence-electron chi connectivity index (χ4n) is 2.24. The summed E-state index contributed by atoms with van der Waals surface area (Å²) in [6.45, 7) is 4.03. The Morgan fingerprint density at radius 1 is 0.952 bits per heavy atom. The van der Waals surface area contributed by atoms with Crippen LogP contribution in [0, 0.1) is 0 Å². The molecule has 3 nitrogen and oxygen atoms in total. The van der Waals surface area contributed by atoms with Crippen LogP contribution in [0.15, 0.2) is 48.5 Å². The highest BCUT2D eigenvalue weighted by Gasteiger charge is 2.10. The van der Waals surface area contributed by atoms with Crippen molar-refractivity contribution in [3.8, 4) is 11.5 Å². The highest BCUT2D eigenvalue weighted by atomic mass is 16.5. The first-order valence-corrected chi connectivity index (χ1v) is 7.41. The molecule has 2 aromatic rings. The lowest BCUT2D eigenvalue weighted by Gasteiger charge is -2.16. The van der Waals surface area contributed by atoms with Crippen molar-refractivity contribution >= 4 is 0 Å². The quantitative estimate of drug-likeness (QED) is 0.806. The van der Waals surface area contributed by atoms with Crippen molar-refractivity contribution < 1.29 is 9.47 Å². The minimum Gasteiger partial charge on any atom is -0.490 e. The molecular formula is C18H23NO2. The molecule has 0 aliphatic heterocycles. The normalized spacial score (nSPS) is 10.4. The van der Waals surface area contributed by atoms with Gasteiger partial charge in [-0.3, -0.25) is 0 Å². The van der Waals surface area contributed by atoms with Gasteiger partial charge < -0.3 is 14.8 Å². The lowest BCUT2D eigenvalue weighted by atomic mass is 10.1. The Bertz CT molecular complexity index is 516. The topological polar surface area (TPSA) is 30.5 Å². The van der Waals surface area contributed by atoms with E-state index in [1.54, 1.807) is 0 Å². The van der Waals surface area contributed by atoms with E-state index in [1.807, 2.05) is 32.2 Å². The van der Waals surface area contributed by atoms with Crippen LogP contribution < -0.4 is 14.8 Å². The van der Waals surface area contributed by atoms with Gasteiger partial charge in [-0.25, -0.2) is 0 Å². The van der Waals surface area contributed by atoms with E-state index in [-0.39, 0.29) is 0 Å². The number of ether oxygens (including phenoxy) is 2. The van der Waals surface area contributed by atoms with Crippen molar-refractivity contribution in [2.24, 2.45) is 0 Å². The summed E-state index contributed by atoms with van der Waals surface area (Å²) in [6.07, 6.45) is 0.889. The maximum Gasteiger partial charge on any atom is 0.165 e. The minimum atomic E-state index is 0.637. The molecule has 0 aromatic heterocycles. The van der Waals surface area contributed by atoms with Gasteiger partial charge in [0.1, 0.15) is 0 Å². The average Bonchev–Trinajstić information content (AvgIpc) is 2.51. The molecule has 0 spiro atoms. The Labute approximate surface area is 126 Å². The average molecular weight is 285 g/mol. The Balaban J connectivity index is 2.06. The summed E-state index contributed by atoms with van der Waals surface area (Å²) in [7, 11) is 1.93. The Morgan fingerprint density at radius 2 is 1.76 bits per heavy atom. The molecule has 0 heterocycles. The monoisotopic (exact) mass is 285 g/mol. The third-order valence-electron chi connectivity index (χ3n) is 3.21. The highest BCUT2D eigenvalue weighted by molar-refractivity contribution is 5.46. The van der Waals surface area contributed by atoms with E-state index >= 15 is 0 Å². The zero-order chi connectivity index (χ0) is 14.9. The fraction of sp³-hybridized carbons (Fsp3) is 0.333. The van der Waals surface area contributed by atoms with Crippen LogP contribution in [0.25, 0.3) is 0 Å². The van der Waals surface area contributed by atoms with Gasteiger partial charge in [-0.05, 0) is 25.6 Å². The molecule has 112 valence electrons. The van der Waals surface area contributed by atoms with Crippen molar-refractivity contribution in [2.45, 2.75) is 19.9 Å². The van der Waals surface area contributed by atoms with Crippen LogP contribution >= 0.6 is 0 Å². The number of para-hydroxylation sites is 1. The first kappa shape index (κ1) is 15.4. The number of nitrogens with one attached hydrogen (secondary N) is 1. The zero-order valence-corrected chi connectivity index (χ0v) is 12.8. The molecule has 0 bridgehead atoms. The lowest BCUT2D eigenvalue weighted by Crippen LogP contribution is -2.10. The molecule has 0 atom stereocenters. The molecule has 0 aliphatic carbocycles.